The second-order valence-corrected chi connectivity index (χ2v) is 5.56. The molecule has 2 aliphatic heterocycles. The van der Waals surface area contributed by atoms with E-state index in [4.69, 9.17) is 4.74 Å². The Morgan fingerprint density at radius 1 is 1.23 bits per heavy atom. The number of rotatable bonds is 3. The van der Waals surface area contributed by atoms with Gasteiger partial charge in [-0.05, 0) is 18.1 Å². The molecule has 1 fully saturated rings. The minimum atomic E-state index is 0.848. The highest BCUT2D eigenvalue weighted by Crippen LogP contribution is 2.27. The number of nitrogens with one attached hydrogen (secondary N) is 1. The zero-order valence-corrected chi connectivity index (χ0v) is 13.3. The molecule has 1 aromatic rings. The summed E-state index contributed by atoms with van der Waals surface area (Å²) in [6.45, 7) is 6.79. The molecule has 0 saturated carbocycles. The number of ether oxygens (including phenoxy) is 1. The van der Waals surface area contributed by atoms with Crippen molar-refractivity contribution in [2.24, 2.45) is 4.99 Å². The van der Waals surface area contributed by atoms with Crippen LogP contribution in [-0.2, 0) is 11.3 Å². The highest BCUT2D eigenvalue weighted by molar-refractivity contribution is 6.16. The SMILES string of the molecule is C/C=C1/C(c2ccc(CN3CCOCC3)cc2)=CNC1=NC. The Morgan fingerprint density at radius 2 is 1.95 bits per heavy atom. The van der Waals surface area contributed by atoms with Crippen LogP contribution in [0.15, 0.2) is 47.1 Å². The summed E-state index contributed by atoms with van der Waals surface area (Å²) in [5.41, 5.74) is 4.96. The molecular weight excluding hydrogens is 274 g/mol. The van der Waals surface area contributed by atoms with E-state index in [1.165, 1.54) is 22.3 Å². The molecule has 0 atom stereocenters. The third-order valence-corrected chi connectivity index (χ3v) is 4.19. The minimum Gasteiger partial charge on any atom is -0.379 e. The van der Waals surface area contributed by atoms with Crippen molar-refractivity contribution in [1.29, 1.82) is 0 Å². The summed E-state index contributed by atoms with van der Waals surface area (Å²) in [6, 6.07) is 8.84. The van der Waals surface area contributed by atoms with Crippen molar-refractivity contribution < 1.29 is 4.74 Å². The predicted octanol–water partition coefficient (Wildman–Crippen LogP) is 2.44. The summed E-state index contributed by atoms with van der Waals surface area (Å²) in [4.78, 5) is 6.72. The van der Waals surface area contributed by atoms with Gasteiger partial charge in [-0.3, -0.25) is 9.89 Å². The van der Waals surface area contributed by atoms with Gasteiger partial charge in [0.2, 0.25) is 0 Å². The van der Waals surface area contributed by atoms with Crippen LogP contribution in [0.3, 0.4) is 0 Å². The lowest BCUT2D eigenvalue weighted by Gasteiger charge is -2.26. The Labute approximate surface area is 132 Å². The van der Waals surface area contributed by atoms with Gasteiger partial charge in [-0.25, -0.2) is 0 Å². The molecule has 2 aliphatic rings. The number of amidine groups is 1. The zero-order valence-electron chi connectivity index (χ0n) is 13.3. The molecule has 4 heteroatoms. The lowest BCUT2D eigenvalue weighted by Crippen LogP contribution is -2.35. The minimum absolute atomic E-state index is 0.848. The van der Waals surface area contributed by atoms with E-state index in [2.05, 4.69) is 45.6 Å². The summed E-state index contributed by atoms with van der Waals surface area (Å²) in [6.07, 6.45) is 4.14. The van der Waals surface area contributed by atoms with Gasteiger partial charge in [-0.15, -0.1) is 0 Å². The lowest BCUT2D eigenvalue weighted by molar-refractivity contribution is 0.0342. The summed E-state index contributed by atoms with van der Waals surface area (Å²) in [5, 5.41) is 3.23. The van der Waals surface area contributed by atoms with Gasteiger partial charge in [0, 0.05) is 44.0 Å². The Bertz CT molecular complexity index is 608. The highest BCUT2D eigenvalue weighted by Gasteiger charge is 2.18. The number of aliphatic imine (C=N–C) groups is 1. The predicted molar refractivity (Wildman–Crippen MR) is 90.8 cm³/mol. The molecule has 3 rings (SSSR count). The van der Waals surface area contributed by atoms with Crippen molar-refractivity contribution in [3.8, 4) is 0 Å². The molecule has 22 heavy (non-hydrogen) atoms. The van der Waals surface area contributed by atoms with Crippen molar-refractivity contribution in [1.82, 2.24) is 10.2 Å². The maximum absolute atomic E-state index is 5.40. The van der Waals surface area contributed by atoms with Gasteiger partial charge in [-0.1, -0.05) is 30.3 Å². The molecule has 0 bridgehead atoms. The Morgan fingerprint density at radius 3 is 2.59 bits per heavy atom. The standard InChI is InChI=1S/C18H23N3O/c1-3-16-17(12-20-18(16)19-2)15-6-4-14(5-7-15)13-21-8-10-22-11-9-21/h3-7,12H,8-11,13H2,1-2H3,(H,19,20)/b16-3-. The van der Waals surface area contributed by atoms with Crippen molar-refractivity contribution >= 4 is 11.4 Å². The van der Waals surface area contributed by atoms with E-state index >= 15 is 0 Å². The Balaban J connectivity index is 1.72. The number of benzene rings is 1. The van der Waals surface area contributed by atoms with Crippen LogP contribution < -0.4 is 5.32 Å². The Hall–Kier alpha value is -1.91. The second-order valence-electron chi connectivity index (χ2n) is 5.56. The van der Waals surface area contributed by atoms with E-state index in [0.29, 0.717) is 0 Å². The molecule has 116 valence electrons. The third kappa shape index (κ3) is 3.13. The fourth-order valence-electron chi connectivity index (χ4n) is 2.95. The normalized spacial score (nSPS) is 22.9. The van der Waals surface area contributed by atoms with Gasteiger partial charge in [0.1, 0.15) is 5.84 Å². The van der Waals surface area contributed by atoms with Crippen molar-refractivity contribution in [3.63, 3.8) is 0 Å². The maximum atomic E-state index is 5.40. The van der Waals surface area contributed by atoms with Crippen LogP contribution in [0.5, 0.6) is 0 Å². The van der Waals surface area contributed by atoms with Gasteiger partial charge in [0.25, 0.3) is 0 Å². The molecule has 0 aromatic heterocycles. The Kier molecular flexibility index (Phi) is 4.71. The van der Waals surface area contributed by atoms with Crippen LogP contribution in [0, 0.1) is 0 Å². The molecular formula is C18H23N3O. The first-order chi connectivity index (χ1) is 10.8. The molecule has 0 spiro atoms. The van der Waals surface area contributed by atoms with Crippen LogP contribution in [0.2, 0.25) is 0 Å². The van der Waals surface area contributed by atoms with Gasteiger partial charge in [-0.2, -0.15) is 0 Å². The smallest absolute Gasteiger partial charge is 0.132 e. The van der Waals surface area contributed by atoms with E-state index in [-0.39, 0.29) is 0 Å². The molecule has 1 N–H and O–H groups in total. The quantitative estimate of drug-likeness (QED) is 0.931. The van der Waals surface area contributed by atoms with Gasteiger partial charge in [0.15, 0.2) is 0 Å². The molecule has 0 amide bonds. The number of allylic oxidation sites excluding steroid dienone is 1. The van der Waals surface area contributed by atoms with Crippen molar-refractivity contribution in [2.45, 2.75) is 13.5 Å². The van der Waals surface area contributed by atoms with Crippen LogP contribution in [0.25, 0.3) is 5.57 Å². The monoisotopic (exact) mass is 297 g/mol. The van der Waals surface area contributed by atoms with E-state index in [9.17, 15) is 0 Å². The van der Waals surface area contributed by atoms with Gasteiger partial charge >= 0.3 is 0 Å². The maximum Gasteiger partial charge on any atom is 0.132 e. The molecule has 0 unspecified atom stereocenters. The second kappa shape index (κ2) is 6.90. The largest absolute Gasteiger partial charge is 0.379 e. The summed E-state index contributed by atoms with van der Waals surface area (Å²) < 4.78 is 5.40. The average Bonchev–Trinajstić information content (AvgIpc) is 2.99. The number of nitrogens with zero attached hydrogens (tertiary/aromatic N) is 2. The first-order valence-corrected chi connectivity index (χ1v) is 7.82. The van der Waals surface area contributed by atoms with E-state index < -0.39 is 0 Å². The van der Waals surface area contributed by atoms with E-state index in [0.717, 1.165) is 38.7 Å². The zero-order chi connectivity index (χ0) is 15.4. The molecule has 0 radical (unpaired) electrons. The molecule has 2 heterocycles. The lowest BCUT2D eigenvalue weighted by atomic mass is 9.99. The first-order valence-electron chi connectivity index (χ1n) is 7.82. The third-order valence-electron chi connectivity index (χ3n) is 4.19. The topological polar surface area (TPSA) is 36.9 Å². The molecule has 1 aromatic carbocycles. The fraction of sp³-hybridized carbons (Fsp3) is 0.389. The molecule has 1 saturated heterocycles. The van der Waals surface area contributed by atoms with E-state index in [1.807, 2.05) is 20.2 Å². The summed E-state index contributed by atoms with van der Waals surface area (Å²) >= 11 is 0. The van der Waals surface area contributed by atoms with Crippen molar-refractivity contribution in [2.75, 3.05) is 33.4 Å². The van der Waals surface area contributed by atoms with Crippen molar-refractivity contribution in [3.05, 3.63) is 53.2 Å². The van der Waals surface area contributed by atoms with Gasteiger partial charge in [0.05, 0.1) is 13.2 Å². The van der Waals surface area contributed by atoms with Crippen LogP contribution in [0.4, 0.5) is 0 Å². The van der Waals surface area contributed by atoms with Gasteiger partial charge < -0.3 is 10.1 Å². The van der Waals surface area contributed by atoms with E-state index in [1.54, 1.807) is 0 Å². The summed E-state index contributed by atoms with van der Waals surface area (Å²) in [5.74, 6) is 0.940. The number of morpholine rings is 1. The average molecular weight is 297 g/mol. The van der Waals surface area contributed by atoms with Crippen LogP contribution in [0.1, 0.15) is 18.1 Å². The van der Waals surface area contributed by atoms with Crippen LogP contribution >= 0.6 is 0 Å². The number of hydrogen-bond donors (Lipinski definition) is 1. The molecule has 4 nitrogen and oxygen atoms in total. The molecule has 0 aliphatic carbocycles. The highest BCUT2D eigenvalue weighted by atomic mass is 16.5. The fourth-order valence-corrected chi connectivity index (χ4v) is 2.95. The first kappa shape index (κ1) is 15.0. The van der Waals surface area contributed by atoms with Crippen LogP contribution in [-0.4, -0.2) is 44.1 Å². The summed E-state index contributed by atoms with van der Waals surface area (Å²) in [7, 11) is 1.81. The number of hydrogen-bond acceptors (Lipinski definition) is 3.